The Kier molecular flexibility index (Phi) is 4.19. The van der Waals surface area contributed by atoms with Crippen LogP contribution in [0.4, 0.5) is 11.6 Å². The number of nitro benzene ring substituents is 1. The smallest absolute Gasteiger partial charge is 0.258 e. The topological polar surface area (TPSA) is 131 Å². The number of non-ortho nitro benzene ring substituents is 1. The average Bonchev–Trinajstić information content (AvgIpc) is 3.03. The molecule has 0 amide bonds. The van der Waals surface area contributed by atoms with Gasteiger partial charge in [-0.2, -0.15) is 4.98 Å². The van der Waals surface area contributed by atoms with Crippen LogP contribution in [0.25, 0.3) is 11.4 Å². The number of nitrogens with zero attached hydrogens (tertiary/aromatic N) is 3. The van der Waals surface area contributed by atoms with Crippen LogP contribution in [0.1, 0.15) is 5.56 Å². The monoisotopic (exact) mass is 359 g/mol. The summed E-state index contributed by atoms with van der Waals surface area (Å²) in [6.45, 7) is 1.85. The van der Waals surface area contributed by atoms with Crippen LogP contribution in [-0.4, -0.2) is 28.5 Å². The third-order valence-corrected chi connectivity index (χ3v) is 4.72. The van der Waals surface area contributed by atoms with Gasteiger partial charge in [-0.15, -0.1) is 5.10 Å². The van der Waals surface area contributed by atoms with Crippen molar-refractivity contribution in [1.82, 2.24) is 15.2 Å². The predicted octanol–water partition coefficient (Wildman–Crippen LogP) is 2.49. The highest BCUT2D eigenvalue weighted by Gasteiger charge is 2.17. The number of anilines is 1. The fourth-order valence-electron chi connectivity index (χ4n) is 2.10. The molecular weight excluding hydrogens is 346 g/mol. The minimum absolute atomic E-state index is 0.0831. The van der Waals surface area contributed by atoms with Crippen molar-refractivity contribution >= 4 is 21.7 Å². The highest BCUT2D eigenvalue weighted by atomic mass is 32.2. The van der Waals surface area contributed by atoms with E-state index in [-0.39, 0.29) is 22.4 Å². The number of aromatic amines is 1. The molecule has 0 spiro atoms. The maximum absolute atomic E-state index is 12.3. The molecule has 0 aliphatic rings. The van der Waals surface area contributed by atoms with Crippen LogP contribution in [0.2, 0.25) is 0 Å². The third-order valence-electron chi connectivity index (χ3n) is 3.37. The molecule has 2 aromatic carbocycles. The molecule has 10 heteroatoms. The van der Waals surface area contributed by atoms with Crippen LogP contribution in [0, 0.1) is 17.0 Å². The lowest BCUT2D eigenvalue weighted by Gasteiger charge is -2.04. The Labute approximate surface area is 142 Å². The Balaban J connectivity index is 1.85. The molecule has 2 N–H and O–H groups in total. The summed E-state index contributed by atoms with van der Waals surface area (Å²) in [7, 11) is -3.82. The van der Waals surface area contributed by atoms with Gasteiger partial charge >= 0.3 is 0 Å². The number of nitrogens with one attached hydrogen (secondary N) is 2. The molecule has 3 rings (SSSR count). The van der Waals surface area contributed by atoms with E-state index in [2.05, 4.69) is 19.9 Å². The van der Waals surface area contributed by atoms with Gasteiger partial charge in [0.15, 0.2) is 5.82 Å². The number of nitro groups is 1. The van der Waals surface area contributed by atoms with E-state index in [0.29, 0.717) is 5.56 Å². The third kappa shape index (κ3) is 3.63. The zero-order chi connectivity index (χ0) is 18.0. The van der Waals surface area contributed by atoms with Crippen molar-refractivity contribution in [2.24, 2.45) is 0 Å². The van der Waals surface area contributed by atoms with Gasteiger partial charge in [-0.25, -0.2) is 13.1 Å². The molecule has 0 aliphatic carbocycles. The van der Waals surface area contributed by atoms with Gasteiger partial charge in [-0.3, -0.25) is 15.2 Å². The highest BCUT2D eigenvalue weighted by Crippen LogP contribution is 2.22. The Morgan fingerprint density at radius 2 is 1.88 bits per heavy atom. The molecule has 0 saturated carbocycles. The predicted molar refractivity (Wildman–Crippen MR) is 90.5 cm³/mol. The van der Waals surface area contributed by atoms with Crippen LogP contribution in [0.3, 0.4) is 0 Å². The van der Waals surface area contributed by atoms with Crippen molar-refractivity contribution in [3.63, 3.8) is 0 Å². The number of hydrogen-bond acceptors (Lipinski definition) is 6. The number of aromatic nitrogens is 3. The molecule has 0 atom stereocenters. The second kappa shape index (κ2) is 6.32. The fraction of sp³-hybridized carbons (Fsp3) is 0.0667. The summed E-state index contributed by atoms with van der Waals surface area (Å²) >= 11 is 0. The number of aryl methyl sites for hydroxylation is 1. The maximum Gasteiger partial charge on any atom is 0.270 e. The minimum Gasteiger partial charge on any atom is -0.258 e. The zero-order valence-electron chi connectivity index (χ0n) is 13.0. The summed E-state index contributed by atoms with van der Waals surface area (Å²) in [5.74, 6) is 0.0624. The van der Waals surface area contributed by atoms with Crippen molar-refractivity contribution in [2.45, 2.75) is 11.8 Å². The number of rotatable bonds is 5. The lowest BCUT2D eigenvalue weighted by molar-refractivity contribution is -0.384. The quantitative estimate of drug-likeness (QED) is 0.531. The zero-order valence-corrected chi connectivity index (χ0v) is 13.8. The molecule has 0 fully saturated rings. The first-order valence-electron chi connectivity index (χ1n) is 7.12. The molecule has 0 radical (unpaired) electrons. The summed E-state index contributed by atoms with van der Waals surface area (Å²) in [4.78, 5) is 14.4. The minimum atomic E-state index is -3.82. The molecule has 1 aromatic heterocycles. The summed E-state index contributed by atoms with van der Waals surface area (Å²) in [5.41, 5.74) is 1.25. The Bertz CT molecular complexity index is 1030. The SMILES string of the molecule is Cc1ccc(S(=O)(=O)Nc2n[nH]c(-c3cccc([N+](=O)[O-])c3)n2)cc1. The molecule has 0 saturated heterocycles. The Morgan fingerprint density at radius 1 is 1.16 bits per heavy atom. The molecular formula is C15H13N5O4S. The summed E-state index contributed by atoms with van der Waals surface area (Å²) in [6, 6.07) is 12.1. The van der Waals surface area contributed by atoms with Gasteiger partial charge in [-0.1, -0.05) is 29.8 Å². The number of H-pyrrole nitrogens is 1. The van der Waals surface area contributed by atoms with Crippen LogP contribution in [0.15, 0.2) is 53.4 Å². The average molecular weight is 359 g/mol. The molecule has 128 valence electrons. The molecule has 3 aromatic rings. The van der Waals surface area contributed by atoms with Gasteiger partial charge < -0.3 is 0 Å². The van der Waals surface area contributed by atoms with E-state index >= 15 is 0 Å². The van der Waals surface area contributed by atoms with E-state index in [0.717, 1.165) is 5.56 Å². The van der Waals surface area contributed by atoms with Crippen molar-refractivity contribution in [3.05, 3.63) is 64.2 Å². The van der Waals surface area contributed by atoms with E-state index in [1.54, 1.807) is 18.2 Å². The summed E-state index contributed by atoms with van der Waals surface area (Å²) < 4.78 is 26.9. The number of benzene rings is 2. The molecule has 0 aliphatic heterocycles. The molecule has 25 heavy (non-hydrogen) atoms. The van der Waals surface area contributed by atoms with Gasteiger partial charge in [0, 0.05) is 17.7 Å². The van der Waals surface area contributed by atoms with E-state index in [9.17, 15) is 18.5 Å². The van der Waals surface area contributed by atoms with Gasteiger partial charge in [0.25, 0.3) is 21.7 Å². The number of hydrogen-bond donors (Lipinski definition) is 2. The first-order chi connectivity index (χ1) is 11.8. The second-order valence-electron chi connectivity index (χ2n) is 5.23. The van der Waals surface area contributed by atoms with Crippen LogP contribution < -0.4 is 4.72 Å². The van der Waals surface area contributed by atoms with E-state index in [1.807, 2.05) is 6.92 Å². The number of sulfonamides is 1. The van der Waals surface area contributed by atoms with Crippen molar-refractivity contribution < 1.29 is 13.3 Å². The van der Waals surface area contributed by atoms with Gasteiger partial charge in [-0.05, 0) is 19.1 Å². The van der Waals surface area contributed by atoms with E-state index in [1.165, 1.54) is 30.3 Å². The van der Waals surface area contributed by atoms with Gasteiger partial charge in [0.2, 0.25) is 0 Å². The van der Waals surface area contributed by atoms with E-state index in [4.69, 9.17) is 0 Å². The van der Waals surface area contributed by atoms with Crippen molar-refractivity contribution in [3.8, 4) is 11.4 Å². The van der Waals surface area contributed by atoms with Crippen LogP contribution in [-0.2, 0) is 10.0 Å². The van der Waals surface area contributed by atoms with E-state index < -0.39 is 14.9 Å². The molecule has 0 bridgehead atoms. The van der Waals surface area contributed by atoms with Gasteiger partial charge in [0.1, 0.15) is 0 Å². The first kappa shape index (κ1) is 16.6. The molecule has 0 unspecified atom stereocenters. The van der Waals surface area contributed by atoms with Crippen molar-refractivity contribution in [2.75, 3.05) is 4.72 Å². The summed E-state index contributed by atoms with van der Waals surface area (Å²) in [5, 5.41) is 17.2. The Hall–Kier alpha value is -3.27. The van der Waals surface area contributed by atoms with Crippen molar-refractivity contribution in [1.29, 1.82) is 0 Å². The van der Waals surface area contributed by atoms with Crippen LogP contribution >= 0.6 is 0 Å². The molecule has 9 nitrogen and oxygen atoms in total. The second-order valence-corrected chi connectivity index (χ2v) is 6.92. The molecule has 1 heterocycles. The maximum atomic E-state index is 12.3. The lowest BCUT2D eigenvalue weighted by Crippen LogP contribution is -2.13. The lowest BCUT2D eigenvalue weighted by atomic mass is 10.2. The highest BCUT2D eigenvalue weighted by molar-refractivity contribution is 7.92. The normalized spacial score (nSPS) is 11.2. The van der Waals surface area contributed by atoms with Crippen LogP contribution in [0.5, 0.6) is 0 Å². The summed E-state index contributed by atoms with van der Waals surface area (Å²) in [6.07, 6.45) is 0. The standard InChI is InChI=1S/C15H13N5O4S/c1-10-5-7-13(8-6-10)25(23,24)19-15-16-14(17-18-15)11-3-2-4-12(9-11)20(21)22/h2-9H,1H3,(H2,16,17,18,19). The Morgan fingerprint density at radius 3 is 2.56 bits per heavy atom. The largest absolute Gasteiger partial charge is 0.270 e. The van der Waals surface area contributed by atoms with Gasteiger partial charge in [0.05, 0.1) is 9.82 Å². The first-order valence-corrected chi connectivity index (χ1v) is 8.60. The fourth-order valence-corrected chi connectivity index (χ4v) is 3.04.